The van der Waals surface area contributed by atoms with Crippen molar-refractivity contribution in [3.63, 3.8) is 0 Å². The van der Waals surface area contributed by atoms with Gasteiger partial charge in [-0.1, -0.05) is 6.07 Å². The Bertz CT molecular complexity index is 638. The van der Waals surface area contributed by atoms with Gasteiger partial charge in [-0.3, -0.25) is 4.79 Å². The molecule has 0 radical (unpaired) electrons. The molecular weight excluding hydrogens is 274 g/mol. The fourth-order valence-corrected chi connectivity index (χ4v) is 1.78. The van der Waals surface area contributed by atoms with Gasteiger partial charge in [0.05, 0.1) is 14.2 Å². The van der Waals surface area contributed by atoms with Crippen molar-refractivity contribution in [1.29, 1.82) is 0 Å². The third-order valence-corrected chi connectivity index (χ3v) is 2.84. The van der Waals surface area contributed by atoms with Gasteiger partial charge in [-0.25, -0.2) is 9.78 Å². The minimum Gasteiger partial charge on any atom is -0.496 e. The smallest absolute Gasteiger partial charge is 0.341 e. The summed E-state index contributed by atoms with van der Waals surface area (Å²) < 4.78 is 9.82. The van der Waals surface area contributed by atoms with Crippen LogP contribution in [0.5, 0.6) is 5.75 Å². The maximum atomic E-state index is 11.7. The molecule has 1 heterocycles. The fraction of sp³-hybridized carbons (Fsp3) is 0.214. The molecule has 2 aromatic rings. The third-order valence-electron chi connectivity index (χ3n) is 2.84. The minimum atomic E-state index is -0.474. The molecule has 0 atom stereocenters. The van der Waals surface area contributed by atoms with Crippen LogP contribution in [0.2, 0.25) is 0 Å². The number of amides is 1. The van der Waals surface area contributed by atoms with Gasteiger partial charge >= 0.3 is 5.97 Å². The number of esters is 1. The van der Waals surface area contributed by atoms with E-state index in [1.165, 1.54) is 20.4 Å². The number of rotatable bonds is 5. The maximum Gasteiger partial charge on any atom is 0.341 e. The number of carbonyl (C=O) groups excluding carboxylic acids is 2. The number of H-pyrrole nitrogens is 1. The average molecular weight is 289 g/mol. The van der Waals surface area contributed by atoms with Crippen LogP contribution in [0.15, 0.2) is 30.6 Å². The maximum absolute atomic E-state index is 11.7. The molecule has 1 amide bonds. The summed E-state index contributed by atoms with van der Waals surface area (Å²) in [5.74, 6) is -0.145. The average Bonchev–Trinajstić information content (AvgIpc) is 3.06. The Kier molecular flexibility index (Phi) is 4.55. The van der Waals surface area contributed by atoms with Crippen LogP contribution < -0.4 is 10.1 Å². The van der Waals surface area contributed by atoms with Gasteiger partial charge in [0.1, 0.15) is 11.3 Å². The summed E-state index contributed by atoms with van der Waals surface area (Å²) in [6, 6.07) is 4.99. The van der Waals surface area contributed by atoms with Crippen LogP contribution in [0.25, 0.3) is 0 Å². The van der Waals surface area contributed by atoms with Gasteiger partial charge in [0.15, 0.2) is 5.82 Å². The molecule has 2 rings (SSSR count). The molecule has 2 N–H and O–H groups in total. The van der Waals surface area contributed by atoms with Crippen LogP contribution in [0.1, 0.15) is 26.5 Å². The standard InChI is InChI=1S/C14H15N3O4/c1-20-11-7-9(3-4-10(11)14(19)21-2)8-17-13(18)12-15-5-6-16-12/h3-7H,8H2,1-2H3,(H,15,16)(H,17,18). The van der Waals surface area contributed by atoms with Crippen molar-refractivity contribution in [3.05, 3.63) is 47.5 Å². The Balaban J connectivity index is 2.07. The van der Waals surface area contributed by atoms with Crippen LogP contribution in [-0.4, -0.2) is 36.1 Å². The van der Waals surface area contributed by atoms with Crippen molar-refractivity contribution in [1.82, 2.24) is 15.3 Å². The van der Waals surface area contributed by atoms with Crippen molar-refractivity contribution in [3.8, 4) is 5.75 Å². The summed E-state index contributed by atoms with van der Waals surface area (Å²) in [4.78, 5) is 29.9. The normalized spacial score (nSPS) is 10.0. The second-order valence-electron chi connectivity index (χ2n) is 4.15. The minimum absolute atomic E-state index is 0.244. The molecule has 1 aromatic heterocycles. The fourth-order valence-electron chi connectivity index (χ4n) is 1.78. The quantitative estimate of drug-likeness (QED) is 0.805. The molecule has 0 spiro atoms. The highest BCUT2D eigenvalue weighted by atomic mass is 16.5. The Hall–Kier alpha value is -2.83. The van der Waals surface area contributed by atoms with Gasteiger partial charge in [0.25, 0.3) is 5.91 Å². The van der Waals surface area contributed by atoms with E-state index in [4.69, 9.17) is 4.74 Å². The predicted octanol–water partition coefficient (Wildman–Crippen LogP) is 1.13. The molecular formula is C14H15N3O4. The molecule has 0 unspecified atom stereocenters. The number of aromatic amines is 1. The summed E-state index contributed by atoms with van der Waals surface area (Å²) in [6.45, 7) is 0.289. The first-order chi connectivity index (χ1) is 10.2. The number of carbonyl (C=O) groups is 2. The van der Waals surface area contributed by atoms with Crippen LogP contribution in [-0.2, 0) is 11.3 Å². The Labute approximate surface area is 121 Å². The van der Waals surface area contributed by atoms with Gasteiger partial charge < -0.3 is 19.8 Å². The molecule has 0 fully saturated rings. The van der Waals surface area contributed by atoms with E-state index in [2.05, 4.69) is 20.0 Å². The number of imidazole rings is 1. The molecule has 0 saturated heterocycles. The van der Waals surface area contributed by atoms with E-state index < -0.39 is 5.97 Å². The second-order valence-corrected chi connectivity index (χ2v) is 4.15. The first-order valence-corrected chi connectivity index (χ1v) is 6.18. The van der Waals surface area contributed by atoms with Crippen LogP contribution in [0, 0.1) is 0 Å². The monoisotopic (exact) mass is 289 g/mol. The lowest BCUT2D eigenvalue weighted by Gasteiger charge is -2.09. The lowest BCUT2D eigenvalue weighted by atomic mass is 10.1. The first-order valence-electron chi connectivity index (χ1n) is 6.18. The number of benzene rings is 1. The lowest BCUT2D eigenvalue weighted by molar-refractivity contribution is 0.0597. The van der Waals surface area contributed by atoms with Gasteiger partial charge in [-0.05, 0) is 17.7 Å². The number of ether oxygens (including phenoxy) is 2. The van der Waals surface area contributed by atoms with Crippen molar-refractivity contribution in [2.24, 2.45) is 0 Å². The Morgan fingerprint density at radius 1 is 1.33 bits per heavy atom. The highest BCUT2D eigenvalue weighted by Crippen LogP contribution is 2.21. The van der Waals surface area contributed by atoms with Gasteiger partial charge in [-0.2, -0.15) is 0 Å². The van der Waals surface area contributed by atoms with Crippen LogP contribution >= 0.6 is 0 Å². The van der Waals surface area contributed by atoms with Gasteiger partial charge in [0.2, 0.25) is 0 Å². The van der Waals surface area contributed by atoms with Crippen molar-refractivity contribution in [2.45, 2.75) is 6.54 Å². The van der Waals surface area contributed by atoms with Crippen molar-refractivity contribution >= 4 is 11.9 Å². The summed E-state index contributed by atoms with van der Waals surface area (Å²) in [6.07, 6.45) is 3.08. The lowest BCUT2D eigenvalue weighted by Crippen LogP contribution is -2.24. The van der Waals surface area contributed by atoms with E-state index in [0.29, 0.717) is 11.3 Å². The Morgan fingerprint density at radius 3 is 2.76 bits per heavy atom. The van der Waals surface area contributed by atoms with E-state index in [-0.39, 0.29) is 18.3 Å². The zero-order valence-corrected chi connectivity index (χ0v) is 11.7. The molecule has 21 heavy (non-hydrogen) atoms. The first kappa shape index (κ1) is 14.6. The molecule has 1 aromatic carbocycles. The summed E-state index contributed by atoms with van der Waals surface area (Å²) in [5, 5.41) is 2.71. The number of hydrogen-bond donors (Lipinski definition) is 2. The number of nitrogens with zero attached hydrogens (tertiary/aromatic N) is 1. The highest BCUT2D eigenvalue weighted by Gasteiger charge is 2.13. The summed E-state index contributed by atoms with van der Waals surface area (Å²) in [5.41, 5.74) is 1.13. The van der Waals surface area contributed by atoms with E-state index in [1.54, 1.807) is 24.4 Å². The molecule has 110 valence electrons. The van der Waals surface area contributed by atoms with Gasteiger partial charge in [0, 0.05) is 18.9 Å². The molecule has 0 aliphatic carbocycles. The third kappa shape index (κ3) is 3.38. The summed E-state index contributed by atoms with van der Waals surface area (Å²) >= 11 is 0. The number of aromatic nitrogens is 2. The largest absolute Gasteiger partial charge is 0.496 e. The van der Waals surface area contributed by atoms with E-state index in [0.717, 1.165) is 5.56 Å². The van der Waals surface area contributed by atoms with Crippen LogP contribution in [0.4, 0.5) is 0 Å². The second kappa shape index (κ2) is 6.56. The summed E-state index contributed by atoms with van der Waals surface area (Å²) in [7, 11) is 2.77. The molecule has 0 aliphatic heterocycles. The predicted molar refractivity (Wildman–Crippen MR) is 74.1 cm³/mol. The zero-order valence-electron chi connectivity index (χ0n) is 11.7. The number of methoxy groups -OCH3 is 2. The van der Waals surface area contributed by atoms with E-state index >= 15 is 0 Å². The molecule has 0 bridgehead atoms. The van der Waals surface area contributed by atoms with Crippen LogP contribution in [0.3, 0.4) is 0 Å². The number of nitrogens with one attached hydrogen (secondary N) is 2. The Morgan fingerprint density at radius 2 is 2.14 bits per heavy atom. The van der Waals surface area contributed by atoms with E-state index in [9.17, 15) is 9.59 Å². The molecule has 7 nitrogen and oxygen atoms in total. The highest BCUT2D eigenvalue weighted by molar-refractivity contribution is 5.92. The molecule has 0 aliphatic rings. The van der Waals surface area contributed by atoms with Crippen molar-refractivity contribution in [2.75, 3.05) is 14.2 Å². The molecule has 7 heteroatoms. The topological polar surface area (TPSA) is 93.3 Å². The van der Waals surface area contributed by atoms with Crippen molar-refractivity contribution < 1.29 is 19.1 Å². The van der Waals surface area contributed by atoms with E-state index in [1.807, 2.05) is 0 Å². The van der Waals surface area contributed by atoms with Gasteiger partial charge in [-0.15, -0.1) is 0 Å². The molecule has 0 saturated carbocycles. The number of hydrogen-bond acceptors (Lipinski definition) is 5. The zero-order chi connectivity index (χ0) is 15.2. The SMILES string of the molecule is COC(=O)c1ccc(CNC(=O)c2ncc[nH]2)cc1OC.